The molecule has 0 spiro atoms. The van der Waals surface area contributed by atoms with Gasteiger partial charge in [0.1, 0.15) is 6.61 Å². The molecule has 0 aliphatic carbocycles. The molecule has 2 aliphatic heterocycles. The Morgan fingerprint density at radius 2 is 2.04 bits per heavy atom. The number of halogens is 1. The second-order valence-corrected chi connectivity index (χ2v) is 7.57. The lowest BCUT2D eigenvalue weighted by atomic mass is 10.0. The molecule has 1 N–H and O–H groups in total. The summed E-state index contributed by atoms with van der Waals surface area (Å²) in [6.45, 7) is 3.23. The lowest BCUT2D eigenvalue weighted by Crippen LogP contribution is -2.39. The Balaban J connectivity index is 1.51. The first-order valence-electron chi connectivity index (χ1n) is 9.40. The first-order valence-corrected chi connectivity index (χ1v) is 10.2. The van der Waals surface area contributed by atoms with Crippen molar-refractivity contribution in [3.8, 4) is 5.75 Å². The van der Waals surface area contributed by atoms with Crippen molar-refractivity contribution in [1.29, 1.82) is 0 Å². The summed E-state index contributed by atoms with van der Waals surface area (Å²) in [5, 5.41) is 3.42. The second-order valence-electron chi connectivity index (χ2n) is 6.78. The number of fused-ring (bicyclic) bond motifs is 2. The SMILES string of the molecule is O=C(OCCc1ccccc1)N1CCOc2c1cc1c(c2Br)CCNCC1. The van der Waals surface area contributed by atoms with Crippen LogP contribution in [0.1, 0.15) is 16.7 Å². The van der Waals surface area contributed by atoms with E-state index in [2.05, 4.69) is 27.3 Å². The summed E-state index contributed by atoms with van der Waals surface area (Å²) >= 11 is 3.72. The molecular formula is C21H23BrN2O3. The average molecular weight is 431 g/mol. The van der Waals surface area contributed by atoms with Gasteiger partial charge in [-0.3, -0.25) is 4.90 Å². The zero-order valence-electron chi connectivity index (χ0n) is 15.2. The zero-order chi connectivity index (χ0) is 18.6. The quantitative estimate of drug-likeness (QED) is 0.805. The molecule has 0 bridgehead atoms. The van der Waals surface area contributed by atoms with Gasteiger partial charge in [-0.15, -0.1) is 0 Å². The molecule has 6 heteroatoms. The lowest BCUT2D eigenvalue weighted by molar-refractivity contribution is 0.151. The van der Waals surface area contributed by atoms with Crippen molar-refractivity contribution in [2.45, 2.75) is 19.3 Å². The van der Waals surface area contributed by atoms with Crippen molar-refractivity contribution in [3.05, 3.63) is 57.6 Å². The minimum atomic E-state index is -0.311. The van der Waals surface area contributed by atoms with E-state index in [4.69, 9.17) is 9.47 Å². The van der Waals surface area contributed by atoms with Gasteiger partial charge >= 0.3 is 6.09 Å². The van der Waals surface area contributed by atoms with Gasteiger partial charge in [-0.1, -0.05) is 30.3 Å². The first-order chi connectivity index (χ1) is 13.2. The molecule has 2 aromatic rings. The minimum absolute atomic E-state index is 0.311. The van der Waals surface area contributed by atoms with Crippen LogP contribution in [0.15, 0.2) is 40.9 Å². The van der Waals surface area contributed by atoms with E-state index in [-0.39, 0.29) is 6.09 Å². The van der Waals surface area contributed by atoms with Gasteiger partial charge < -0.3 is 14.8 Å². The monoisotopic (exact) mass is 430 g/mol. The zero-order valence-corrected chi connectivity index (χ0v) is 16.8. The van der Waals surface area contributed by atoms with Gasteiger partial charge in [0.2, 0.25) is 0 Å². The van der Waals surface area contributed by atoms with E-state index in [0.29, 0.717) is 26.2 Å². The van der Waals surface area contributed by atoms with Crippen LogP contribution in [-0.4, -0.2) is 38.9 Å². The summed E-state index contributed by atoms with van der Waals surface area (Å²) < 4.78 is 12.4. The van der Waals surface area contributed by atoms with Crippen molar-refractivity contribution >= 4 is 27.7 Å². The Morgan fingerprint density at radius 3 is 2.89 bits per heavy atom. The van der Waals surface area contributed by atoms with E-state index in [1.54, 1.807) is 4.90 Å². The number of amides is 1. The van der Waals surface area contributed by atoms with Crippen molar-refractivity contribution in [3.63, 3.8) is 0 Å². The first kappa shape index (κ1) is 18.3. The van der Waals surface area contributed by atoms with Crippen LogP contribution in [0, 0.1) is 0 Å². The maximum atomic E-state index is 12.7. The number of carbonyl (C=O) groups is 1. The third-order valence-corrected chi connectivity index (χ3v) is 5.89. The lowest BCUT2D eigenvalue weighted by Gasteiger charge is -2.31. The smallest absolute Gasteiger partial charge is 0.414 e. The van der Waals surface area contributed by atoms with Crippen molar-refractivity contribution in [1.82, 2.24) is 5.32 Å². The molecule has 0 saturated carbocycles. The Kier molecular flexibility index (Phi) is 5.64. The number of hydrogen-bond acceptors (Lipinski definition) is 4. The predicted octanol–water partition coefficient (Wildman–Crippen LogP) is 3.72. The van der Waals surface area contributed by atoms with Crippen LogP contribution < -0.4 is 15.0 Å². The number of nitrogens with zero attached hydrogens (tertiary/aromatic N) is 1. The number of ether oxygens (including phenoxy) is 2. The normalized spacial score (nSPS) is 16.0. The largest absolute Gasteiger partial charge is 0.488 e. The van der Waals surface area contributed by atoms with Crippen molar-refractivity contribution in [2.24, 2.45) is 0 Å². The fourth-order valence-corrected chi connectivity index (χ4v) is 4.40. The highest BCUT2D eigenvalue weighted by atomic mass is 79.9. The summed E-state index contributed by atoms with van der Waals surface area (Å²) in [6, 6.07) is 12.1. The number of hydrogen-bond donors (Lipinski definition) is 1. The van der Waals surface area contributed by atoms with Gasteiger partial charge in [0.25, 0.3) is 0 Å². The van der Waals surface area contributed by atoms with Crippen LogP contribution in [0.4, 0.5) is 10.5 Å². The van der Waals surface area contributed by atoms with E-state index < -0.39 is 0 Å². The van der Waals surface area contributed by atoms with Crippen molar-refractivity contribution < 1.29 is 14.3 Å². The standard InChI is InChI=1S/C21H23BrN2O3/c22-19-17-7-10-23-9-6-16(17)14-18-20(19)26-13-11-24(18)21(25)27-12-8-15-4-2-1-3-5-15/h1-5,14,23H,6-13H2. The fourth-order valence-electron chi connectivity index (χ4n) is 3.63. The fraction of sp³-hybridized carbons (Fsp3) is 0.381. The number of nitrogens with one attached hydrogen (secondary N) is 1. The van der Waals surface area contributed by atoms with Gasteiger partial charge in [0, 0.05) is 6.42 Å². The molecule has 0 saturated heterocycles. The molecule has 1 amide bonds. The minimum Gasteiger partial charge on any atom is -0.488 e. The molecule has 0 aromatic heterocycles. The molecule has 2 aliphatic rings. The maximum absolute atomic E-state index is 12.7. The van der Waals surface area contributed by atoms with Gasteiger partial charge in [-0.2, -0.15) is 0 Å². The van der Waals surface area contributed by atoms with E-state index in [1.165, 1.54) is 11.1 Å². The average Bonchev–Trinajstić information content (AvgIpc) is 2.94. The van der Waals surface area contributed by atoms with E-state index in [9.17, 15) is 4.79 Å². The molecule has 4 rings (SSSR count). The van der Waals surface area contributed by atoms with Gasteiger partial charge in [-0.25, -0.2) is 4.79 Å². The molecule has 5 nitrogen and oxygen atoms in total. The Hall–Kier alpha value is -2.05. The highest BCUT2D eigenvalue weighted by Gasteiger charge is 2.29. The summed E-state index contributed by atoms with van der Waals surface area (Å²) in [5.74, 6) is 0.752. The third-order valence-electron chi connectivity index (χ3n) is 5.05. The predicted molar refractivity (Wildman–Crippen MR) is 109 cm³/mol. The van der Waals surface area contributed by atoms with Crippen molar-refractivity contribution in [2.75, 3.05) is 37.7 Å². The van der Waals surface area contributed by atoms with Gasteiger partial charge in [0.05, 0.1) is 23.3 Å². The molecule has 0 atom stereocenters. The van der Waals surface area contributed by atoms with Crippen LogP contribution in [-0.2, 0) is 24.0 Å². The molecule has 0 unspecified atom stereocenters. The van der Waals surface area contributed by atoms with Crippen LogP contribution in [0.25, 0.3) is 0 Å². The topological polar surface area (TPSA) is 50.8 Å². The Labute approximate surface area is 167 Å². The highest BCUT2D eigenvalue weighted by molar-refractivity contribution is 9.10. The van der Waals surface area contributed by atoms with E-state index in [0.717, 1.165) is 47.4 Å². The van der Waals surface area contributed by atoms with Crippen LogP contribution in [0.3, 0.4) is 0 Å². The summed E-state index contributed by atoms with van der Waals surface area (Å²) in [4.78, 5) is 14.4. The number of carbonyl (C=O) groups excluding carboxylic acids is 1. The van der Waals surface area contributed by atoms with Crippen LogP contribution >= 0.6 is 15.9 Å². The van der Waals surface area contributed by atoms with Gasteiger partial charge in [0.15, 0.2) is 5.75 Å². The Bertz CT molecular complexity index is 826. The summed E-state index contributed by atoms with van der Waals surface area (Å²) in [6.07, 6.45) is 2.30. The molecule has 2 heterocycles. The number of rotatable bonds is 3. The molecule has 142 valence electrons. The van der Waals surface area contributed by atoms with E-state index in [1.807, 2.05) is 30.3 Å². The third kappa shape index (κ3) is 3.96. The number of anilines is 1. The van der Waals surface area contributed by atoms with Gasteiger partial charge in [-0.05, 0) is 64.6 Å². The van der Waals surface area contributed by atoms with Crippen LogP contribution in [0.5, 0.6) is 5.75 Å². The highest BCUT2D eigenvalue weighted by Crippen LogP contribution is 2.43. The summed E-state index contributed by atoms with van der Waals surface area (Å²) in [7, 11) is 0. The summed E-state index contributed by atoms with van der Waals surface area (Å²) in [5.41, 5.74) is 4.50. The number of benzene rings is 2. The Morgan fingerprint density at radius 1 is 1.22 bits per heavy atom. The molecule has 0 radical (unpaired) electrons. The molecular weight excluding hydrogens is 408 g/mol. The maximum Gasteiger partial charge on any atom is 0.414 e. The molecule has 27 heavy (non-hydrogen) atoms. The van der Waals surface area contributed by atoms with E-state index >= 15 is 0 Å². The molecule has 2 aromatic carbocycles. The second kappa shape index (κ2) is 8.31. The molecule has 0 fully saturated rings. The van der Waals surface area contributed by atoms with Crippen LogP contribution in [0.2, 0.25) is 0 Å².